The summed E-state index contributed by atoms with van der Waals surface area (Å²) in [6, 6.07) is 8.46. The Bertz CT molecular complexity index is 506. The van der Waals surface area contributed by atoms with Crippen molar-refractivity contribution in [1.82, 2.24) is 0 Å². The molecule has 1 fully saturated rings. The van der Waals surface area contributed by atoms with E-state index in [9.17, 15) is 5.11 Å². The van der Waals surface area contributed by atoms with Crippen molar-refractivity contribution in [3.05, 3.63) is 35.2 Å². The standard InChI is InChI=1S/C14H16O2S/c15-13-5-6-16-8-10(13)7-11-9-17-14-4-2-1-3-12(11)14/h1-4,9-10,13,15H,5-8H2. The van der Waals surface area contributed by atoms with Crippen LogP contribution >= 0.6 is 11.3 Å². The third-order valence-corrected chi connectivity index (χ3v) is 4.49. The number of aliphatic hydroxyl groups is 1. The number of fused-ring (bicyclic) bond motifs is 1. The summed E-state index contributed by atoms with van der Waals surface area (Å²) in [4.78, 5) is 0. The third kappa shape index (κ3) is 2.23. The van der Waals surface area contributed by atoms with Gasteiger partial charge in [-0.2, -0.15) is 0 Å². The number of hydrogen-bond donors (Lipinski definition) is 1. The van der Waals surface area contributed by atoms with Gasteiger partial charge in [0.2, 0.25) is 0 Å². The van der Waals surface area contributed by atoms with Crippen molar-refractivity contribution in [1.29, 1.82) is 0 Å². The van der Waals surface area contributed by atoms with Crippen LogP contribution in [0.4, 0.5) is 0 Å². The predicted molar refractivity (Wildman–Crippen MR) is 70.5 cm³/mol. The number of rotatable bonds is 2. The van der Waals surface area contributed by atoms with Crippen LogP contribution in [0.5, 0.6) is 0 Å². The fourth-order valence-electron chi connectivity index (χ4n) is 2.45. The highest BCUT2D eigenvalue weighted by Gasteiger charge is 2.24. The van der Waals surface area contributed by atoms with Crippen LogP contribution in [-0.2, 0) is 11.2 Å². The molecule has 2 atom stereocenters. The summed E-state index contributed by atoms with van der Waals surface area (Å²) in [6.07, 6.45) is 1.49. The van der Waals surface area contributed by atoms with Crippen LogP contribution in [0.15, 0.2) is 29.6 Å². The van der Waals surface area contributed by atoms with Crippen LogP contribution in [0.2, 0.25) is 0 Å². The van der Waals surface area contributed by atoms with Crippen molar-refractivity contribution in [2.45, 2.75) is 18.9 Å². The van der Waals surface area contributed by atoms with Crippen LogP contribution in [0, 0.1) is 5.92 Å². The molecule has 90 valence electrons. The first-order chi connectivity index (χ1) is 8.34. The van der Waals surface area contributed by atoms with Gasteiger partial charge >= 0.3 is 0 Å². The third-order valence-electron chi connectivity index (χ3n) is 3.48. The Kier molecular flexibility index (Phi) is 3.14. The minimum Gasteiger partial charge on any atom is -0.393 e. The van der Waals surface area contributed by atoms with E-state index in [1.807, 2.05) is 0 Å². The van der Waals surface area contributed by atoms with Gasteiger partial charge in [-0.05, 0) is 35.2 Å². The number of benzene rings is 1. The maximum absolute atomic E-state index is 9.96. The lowest BCUT2D eigenvalue weighted by Crippen LogP contribution is -2.33. The van der Waals surface area contributed by atoms with E-state index in [0.717, 1.165) is 12.8 Å². The number of ether oxygens (including phenoxy) is 1. The van der Waals surface area contributed by atoms with Crippen LogP contribution in [0.3, 0.4) is 0 Å². The largest absolute Gasteiger partial charge is 0.393 e. The molecule has 2 nitrogen and oxygen atoms in total. The second-order valence-corrected chi connectivity index (χ2v) is 5.56. The van der Waals surface area contributed by atoms with E-state index in [-0.39, 0.29) is 12.0 Å². The number of aliphatic hydroxyl groups excluding tert-OH is 1. The normalized spacial score (nSPS) is 25.2. The zero-order valence-electron chi connectivity index (χ0n) is 9.63. The van der Waals surface area contributed by atoms with Gasteiger partial charge in [-0.15, -0.1) is 11.3 Å². The topological polar surface area (TPSA) is 29.5 Å². The molecule has 2 unspecified atom stereocenters. The fourth-order valence-corrected chi connectivity index (χ4v) is 3.43. The average Bonchev–Trinajstić information content (AvgIpc) is 2.76. The molecule has 3 rings (SSSR count). The van der Waals surface area contributed by atoms with Gasteiger partial charge in [0.25, 0.3) is 0 Å². The minimum absolute atomic E-state index is 0.206. The van der Waals surface area contributed by atoms with Gasteiger partial charge in [-0.3, -0.25) is 0 Å². The van der Waals surface area contributed by atoms with Crippen LogP contribution in [0.25, 0.3) is 10.1 Å². The first-order valence-electron chi connectivity index (χ1n) is 6.05. The summed E-state index contributed by atoms with van der Waals surface area (Å²) < 4.78 is 6.78. The average molecular weight is 248 g/mol. The summed E-state index contributed by atoms with van der Waals surface area (Å²) in [5.41, 5.74) is 1.35. The van der Waals surface area contributed by atoms with Crippen LogP contribution in [0.1, 0.15) is 12.0 Å². The van der Waals surface area contributed by atoms with Crippen molar-refractivity contribution < 1.29 is 9.84 Å². The molecule has 1 aromatic heterocycles. The Morgan fingerprint density at radius 3 is 3.12 bits per heavy atom. The molecule has 1 aliphatic rings. The van der Waals surface area contributed by atoms with Gasteiger partial charge in [0.15, 0.2) is 0 Å². The molecule has 1 saturated heterocycles. The van der Waals surface area contributed by atoms with E-state index in [0.29, 0.717) is 13.2 Å². The number of hydrogen-bond acceptors (Lipinski definition) is 3. The van der Waals surface area contributed by atoms with Crippen molar-refractivity contribution >= 4 is 21.4 Å². The zero-order valence-corrected chi connectivity index (χ0v) is 10.5. The van der Waals surface area contributed by atoms with Gasteiger partial charge in [-0.25, -0.2) is 0 Å². The van der Waals surface area contributed by atoms with E-state index >= 15 is 0 Å². The molecular formula is C14H16O2S. The fraction of sp³-hybridized carbons (Fsp3) is 0.429. The summed E-state index contributed by atoms with van der Waals surface area (Å²) in [6.45, 7) is 1.38. The van der Waals surface area contributed by atoms with Gasteiger partial charge in [0.1, 0.15) is 0 Å². The summed E-state index contributed by atoms with van der Waals surface area (Å²) in [5, 5.41) is 13.5. The number of thiophene rings is 1. The quantitative estimate of drug-likeness (QED) is 0.885. The van der Waals surface area contributed by atoms with Crippen LogP contribution in [-0.4, -0.2) is 24.4 Å². The van der Waals surface area contributed by atoms with Crippen molar-refractivity contribution in [2.24, 2.45) is 5.92 Å². The molecule has 1 aliphatic heterocycles. The van der Waals surface area contributed by atoms with Gasteiger partial charge in [-0.1, -0.05) is 18.2 Å². The Labute approximate surface area is 105 Å². The highest BCUT2D eigenvalue weighted by Crippen LogP contribution is 2.29. The van der Waals surface area contributed by atoms with Gasteiger partial charge in [0, 0.05) is 17.2 Å². The van der Waals surface area contributed by atoms with Gasteiger partial charge < -0.3 is 9.84 Å². The molecule has 0 spiro atoms. The second-order valence-electron chi connectivity index (χ2n) is 4.65. The zero-order chi connectivity index (χ0) is 11.7. The molecule has 1 aromatic carbocycles. The lowest BCUT2D eigenvalue weighted by Gasteiger charge is -2.27. The maximum Gasteiger partial charge on any atom is 0.0615 e. The Hall–Kier alpha value is -0.900. The summed E-state index contributed by atoms with van der Waals surface area (Å²) in [7, 11) is 0. The van der Waals surface area contributed by atoms with E-state index in [1.165, 1.54) is 15.6 Å². The monoisotopic (exact) mass is 248 g/mol. The second kappa shape index (κ2) is 4.77. The molecule has 17 heavy (non-hydrogen) atoms. The van der Waals surface area contributed by atoms with Gasteiger partial charge in [0.05, 0.1) is 12.7 Å². The Morgan fingerprint density at radius 2 is 2.24 bits per heavy atom. The van der Waals surface area contributed by atoms with Crippen LogP contribution < -0.4 is 0 Å². The highest BCUT2D eigenvalue weighted by atomic mass is 32.1. The molecule has 2 aromatic rings. The molecule has 0 amide bonds. The van der Waals surface area contributed by atoms with E-state index in [2.05, 4.69) is 29.6 Å². The van der Waals surface area contributed by atoms with E-state index < -0.39 is 0 Å². The molecule has 0 aliphatic carbocycles. The SMILES string of the molecule is OC1CCOCC1Cc1csc2ccccc12. The molecule has 0 saturated carbocycles. The first kappa shape index (κ1) is 11.2. The summed E-state index contributed by atoms with van der Waals surface area (Å²) >= 11 is 1.78. The van der Waals surface area contributed by atoms with Crippen molar-refractivity contribution in [3.63, 3.8) is 0 Å². The lowest BCUT2D eigenvalue weighted by molar-refractivity contribution is -0.0349. The predicted octanol–water partition coefficient (Wildman–Crippen LogP) is 2.84. The summed E-state index contributed by atoms with van der Waals surface area (Å²) in [5.74, 6) is 0.252. The van der Waals surface area contributed by atoms with Crippen molar-refractivity contribution in [2.75, 3.05) is 13.2 Å². The maximum atomic E-state index is 9.96. The first-order valence-corrected chi connectivity index (χ1v) is 6.93. The molecular weight excluding hydrogens is 232 g/mol. The molecule has 3 heteroatoms. The Balaban J connectivity index is 1.84. The molecule has 0 radical (unpaired) electrons. The highest BCUT2D eigenvalue weighted by molar-refractivity contribution is 7.17. The smallest absolute Gasteiger partial charge is 0.0615 e. The Morgan fingerprint density at radius 1 is 1.35 bits per heavy atom. The molecule has 1 N–H and O–H groups in total. The van der Waals surface area contributed by atoms with E-state index in [1.54, 1.807) is 11.3 Å². The van der Waals surface area contributed by atoms with E-state index in [4.69, 9.17) is 4.74 Å². The minimum atomic E-state index is -0.206. The van der Waals surface area contributed by atoms with Crippen molar-refractivity contribution in [3.8, 4) is 0 Å². The lowest BCUT2D eigenvalue weighted by atomic mass is 9.91. The molecule has 2 heterocycles. The molecule has 0 bridgehead atoms.